The molecular weight excluding hydrogens is 241 g/mol. The summed E-state index contributed by atoms with van der Waals surface area (Å²) in [4.78, 5) is 13.1. The number of hydrogen-bond acceptors (Lipinski definition) is 4. The summed E-state index contributed by atoms with van der Waals surface area (Å²) in [6, 6.07) is 0. The zero-order valence-corrected chi connectivity index (χ0v) is 11.1. The van der Waals surface area contributed by atoms with Crippen LogP contribution in [-0.4, -0.2) is 58.8 Å². The third kappa shape index (κ3) is 4.10. The van der Waals surface area contributed by atoms with Crippen LogP contribution in [0, 0.1) is 5.92 Å². The minimum atomic E-state index is -1.95. The molecule has 0 radical (unpaired) electrons. The summed E-state index contributed by atoms with van der Waals surface area (Å²) in [6.07, 6.45) is -0.351. The fourth-order valence-electron chi connectivity index (χ4n) is 1.87. The molecule has 1 saturated heterocycles. The normalized spacial score (nSPS) is 17.6. The van der Waals surface area contributed by atoms with Crippen LogP contribution < -0.4 is 0 Å². The summed E-state index contributed by atoms with van der Waals surface area (Å²) in [5.41, 5.74) is -2.49. The van der Waals surface area contributed by atoms with Crippen LogP contribution in [0.1, 0.15) is 27.2 Å². The Kier molecular flexibility index (Phi) is 4.55. The molecule has 0 saturated carbocycles. The maximum absolute atomic E-state index is 13.7. The Morgan fingerprint density at radius 3 is 2.22 bits per heavy atom. The van der Waals surface area contributed by atoms with Crippen molar-refractivity contribution in [1.29, 1.82) is 0 Å². The Hall–Kier alpha value is -0.880. The van der Waals surface area contributed by atoms with E-state index in [4.69, 9.17) is 14.9 Å². The summed E-state index contributed by atoms with van der Waals surface area (Å²) in [5.74, 6) is -0.0400. The van der Waals surface area contributed by atoms with E-state index in [2.05, 4.69) is 0 Å². The van der Waals surface area contributed by atoms with Gasteiger partial charge in [-0.25, -0.2) is 9.18 Å². The molecule has 0 aromatic heterocycles. The lowest BCUT2D eigenvalue weighted by Gasteiger charge is -2.41. The lowest BCUT2D eigenvalue weighted by Crippen LogP contribution is -2.54. The number of carbonyl (C=O) groups excluding carboxylic acids is 1. The number of nitrogens with zero attached hydrogens (tertiary/aromatic N) is 1. The van der Waals surface area contributed by atoms with E-state index in [0.717, 1.165) is 0 Å². The lowest BCUT2D eigenvalue weighted by molar-refractivity contribution is -0.0387. The van der Waals surface area contributed by atoms with Gasteiger partial charge < -0.3 is 19.8 Å². The van der Waals surface area contributed by atoms with E-state index in [1.54, 1.807) is 20.8 Å². The second kappa shape index (κ2) is 5.40. The minimum Gasteiger partial charge on any atom is -0.444 e. The van der Waals surface area contributed by atoms with Gasteiger partial charge in [0.25, 0.3) is 0 Å². The second-order valence-corrected chi connectivity index (χ2v) is 5.92. The zero-order valence-electron chi connectivity index (χ0n) is 11.1. The summed E-state index contributed by atoms with van der Waals surface area (Å²) >= 11 is 0. The van der Waals surface area contributed by atoms with Crippen molar-refractivity contribution in [3.8, 4) is 0 Å². The molecule has 18 heavy (non-hydrogen) atoms. The molecule has 1 amide bonds. The van der Waals surface area contributed by atoms with Crippen molar-refractivity contribution in [3.05, 3.63) is 0 Å². The van der Waals surface area contributed by atoms with Crippen molar-refractivity contribution in [2.45, 2.75) is 38.5 Å². The highest BCUT2D eigenvalue weighted by Gasteiger charge is 2.40. The first-order valence-electron chi connectivity index (χ1n) is 6.08. The highest BCUT2D eigenvalue weighted by molar-refractivity contribution is 5.69. The van der Waals surface area contributed by atoms with E-state index in [9.17, 15) is 9.18 Å². The first-order chi connectivity index (χ1) is 8.19. The maximum Gasteiger partial charge on any atom is 0.410 e. The highest BCUT2D eigenvalue weighted by Crippen LogP contribution is 2.28. The van der Waals surface area contributed by atoms with Gasteiger partial charge in [-0.1, -0.05) is 0 Å². The van der Waals surface area contributed by atoms with Crippen molar-refractivity contribution in [2.75, 3.05) is 26.3 Å². The quantitative estimate of drug-likeness (QED) is 0.792. The number of aliphatic hydroxyl groups excluding tert-OH is 2. The molecule has 0 unspecified atom stereocenters. The Morgan fingerprint density at radius 1 is 1.33 bits per heavy atom. The van der Waals surface area contributed by atoms with Crippen molar-refractivity contribution >= 4 is 6.09 Å². The molecule has 2 N–H and O–H groups in total. The van der Waals surface area contributed by atoms with E-state index in [0.29, 0.717) is 13.1 Å². The SMILES string of the molecule is CC(C)(C)OC(=O)N1CC(CC(F)(CO)CO)C1. The van der Waals surface area contributed by atoms with Crippen LogP contribution in [-0.2, 0) is 4.74 Å². The van der Waals surface area contributed by atoms with Gasteiger partial charge in [0.2, 0.25) is 0 Å². The van der Waals surface area contributed by atoms with Crippen LogP contribution >= 0.6 is 0 Å². The lowest BCUT2D eigenvalue weighted by atomic mass is 9.88. The first kappa shape index (κ1) is 15.2. The monoisotopic (exact) mass is 263 g/mol. The van der Waals surface area contributed by atoms with Gasteiger partial charge in [0.05, 0.1) is 13.2 Å². The van der Waals surface area contributed by atoms with Crippen LogP contribution in [0.2, 0.25) is 0 Å². The van der Waals surface area contributed by atoms with Gasteiger partial charge in [-0.3, -0.25) is 0 Å². The number of rotatable bonds is 4. The molecule has 1 aliphatic heterocycles. The van der Waals surface area contributed by atoms with Crippen LogP contribution in [0.5, 0.6) is 0 Å². The standard InChI is InChI=1S/C12H22FNO4/c1-11(2,3)18-10(17)14-5-9(6-14)4-12(13,7-15)8-16/h9,15-16H,4-8H2,1-3H3. The van der Waals surface area contributed by atoms with Crippen molar-refractivity contribution < 1.29 is 24.1 Å². The molecule has 1 heterocycles. The fraction of sp³-hybridized carbons (Fsp3) is 0.917. The molecule has 0 aromatic carbocycles. The molecule has 0 atom stereocenters. The zero-order chi connectivity index (χ0) is 14.0. The average molecular weight is 263 g/mol. The molecule has 1 fully saturated rings. The number of halogens is 1. The van der Waals surface area contributed by atoms with Gasteiger partial charge in [0, 0.05) is 13.1 Å². The highest BCUT2D eigenvalue weighted by atomic mass is 19.1. The molecule has 0 bridgehead atoms. The maximum atomic E-state index is 13.7. The molecule has 0 aromatic rings. The largest absolute Gasteiger partial charge is 0.444 e. The fourth-order valence-corrected chi connectivity index (χ4v) is 1.87. The van der Waals surface area contributed by atoms with Gasteiger partial charge in [-0.2, -0.15) is 0 Å². The van der Waals surface area contributed by atoms with E-state index >= 15 is 0 Å². The van der Waals surface area contributed by atoms with Crippen molar-refractivity contribution in [3.63, 3.8) is 0 Å². The Balaban J connectivity index is 2.34. The van der Waals surface area contributed by atoms with Crippen molar-refractivity contribution in [2.24, 2.45) is 5.92 Å². The predicted octanol–water partition coefficient (Wildman–Crippen LogP) is 0.936. The van der Waals surface area contributed by atoms with Gasteiger partial charge in [0.15, 0.2) is 5.67 Å². The van der Waals surface area contributed by atoms with Gasteiger partial charge in [-0.05, 0) is 33.1 Å². The second-order valence-electron chi connectivity index (χ2n) is 5.92. The molecule has 6 heteroatoms. The minimum absolute atomic E-state index is 0.0400. The molecule has 0 aliphatic carbocycles. The Labute approximate surface area is 107 Å². The van der Waals surface area contributed by atoms with E-state index < -0.39 is 30.6 Å². The van der Waals surface area contributed by atoms with Gasteiger partial charge >= 0.3 is 6.09 Å². The molecule has 5 nitrogen and oxygen atoms in total. The summed E-state index contributed by atoms with van der Waals surface area (Å²) in [6.45, 7) is 4.75. The van der Waals surface area contributed by atoms with Gasteiger partial charge in [-0.15, -0.1) is 0 Å². The third-order valence-corrected chi connectivity index (χ3v) is 2.83. The average Bonchev–Trinajstić information content (AvgIpc) is 2.19. The smallest absolute Gasteiger partial charge is 0.410 e. The van der Waals surface area contributed by atoms with E-state index in [1.807, 2.05) is 0 Å². The number of amides is 1. The molecule has 0 spiro atoms. The number of aliphatic hydroxyl groups is 2. The summed E-state index contributed by atoms with van der Waals surface area (Å²) in [7, 11) is 0. The summed E-state index contributed by atoms with van der Waals surface area (Å²) < 4.78 is 18.9. The van der Waals surface area contributed by atoms with Crippen LogP contribution in [0.4, 0.5) is 9.18 Å². The number of ether oxygens (including phenoxy) is 1. The Bertz CT molecular complexity index is 293. The third-order valence-electron chi connectivity index (χ3n) is 2.83. The number of alkyl halides is 1. The number of carbonyl (C=O) groups is 1. The molecule has 1 aliphatic rings. The van der Waals surface area contributed by atoms with Crippen molar-refractivity contribution in [1.82, 2.24) is 4.90 Å². The number of hydrogen-bond donors (Lipinski definition) is 2. The predicted molar refractivity (Wildman–Crippen MR) is 63.9 cm³/mol. The molecule has 1 rings (SSSR count). The van der Waals surface area contributed by atoms with Crippen LogP contribution in [0.25, 0.3) is 0 Å². The van der Waals surface area contributed by atoms with Gasteiger partial charge in [0.1, 0.15) is 5.60 Å². The topological polar surface area (TPSA) is 70.0 Å². The summed E-state index contributed by atoms with van der Waals surface area (Å²) in [5, 5.41) is 17.7. The number of likely N-dealkylation sites (tertiary alicyclic amines) is 1. The van der Waals surface area contributed by atoms with E-state index in [-0.39, 0.29) is 12.3 Å². The Morgan fingerprint density at radius 2 is 1.83 bits per heavy atom. The molecule has 106 valence electrons. The first-order valence-corrected chi connectivity index (χ1v) is 6.08. The molecular formula is C12H22FNO4. The van der Waals surface area contributed by atoms with Crippen LogP contribution in [0.3, 0.4) is 0 Å². The van der Waals surface area contributed by atoms with E-state index in [1.165, 1.54) is 4.90 Å². The van der Waals surface area contributed by atoms with Crippen LogP contribution in [0.15, 0.2) is 0 Å².